The first-order valence-corrected chi connectivity index (χ1v) is 30.1. The molecule has 4 N–H and O–H groups in total. The number of nitrogens with zero attached hydrogens (tertiary/aromatic N) is 5. The van der Waals surface area contributed by atoms with Crippen LogP contribution in [0.1, 0.15) is 105 Å². The number of benzene rings is 8. The van der Waals surface area contributed by atoms with E-state index in [1.165, 1.54) is 22.3 Å². The maximum Gasteiger partial charge on any atom is 0.407 e. The molecule has 0 saturated carbocycles. The minimum atomic E-state index is -0.682. The van der Waals surface area contributed by atoms with Crippen molar-refractivity contribution in [2.24, 2.45) is 4.99 Å². The van der Waals surface area contributed by atoms with Crippen LogP contribution in [-0.2, 0) is 56.4 Å². The fourth-order valence-electron chi connectivity index (χ4n) is 9.43. The van der Waals surface area contributed by atoms with E-state index in [0.717, 1.165) is 82.1 Å². The second kappa shape index (κ2) is 37.1. The third-order valence-corrected chi connectivity index (χ3v) is 14.6. The SMILES string of the molecule is C.C=C(C)c1cccc(C(C)(C)N=C=O)c1.C=C(C)c1cccc(C(C)(C)NC(=O)OCCNC(=O)/C(C#N)=C/c2ccc(N(Cc3ccccc3)Cc3ccccc3)cc2)c1.N#C/C(=C\c1ccc(N(Cc2ccccc2)Cc2ccccc2)cc1)C(=O)NCCO. The Balaban J connectivity index is 0.000000286. The molecule has 93 heavy (non-hydrogen) atoms. The largest absolute Gasteiger partial charge is 0.448 e. The molecule has 14 nitrogen and oxygen atoms in total. The molecule has 14 heteroatoms. The zero-order valence-corrected chi connectivity index (χ0v) is 53.2. The van der Waals surface area contributed by atoms with Crippen molar-refractivity contribution in [3.63, 3.8) is 0 Å². The predicted molar refractivity (Wildman–Crippen MR) is 376 cm³/mol. The van der Waals surface area contributed by atoms with Gasteiger partial charge in [-0.05, 0) is 146 Å². The third-order valence-electron chi connectivity index (χ3n) is 14.6. The Kier molecular flexibility index (Phi) is 29.0. The van der Waals surface area contributed by atoms with E-state index >= 15 is 0 Å². The summed E-state index contributed by atoms with van der Waals surface area (Å²) in [6.45, 7) is 22.2. The molecule has 3 amide bonds. The van der Waals surface area contributed by atoms with Crippen LogP contribution in [0.2, 0.25) is 0 Å². The molecule has 0 aliphatic carbocycles. The van der Waals surface area contributed by atoms with Crippen LogP contribution in [0.25, 0.3) is 23.3 Å². The van der Waals surface area contributed by atoms with Gasteiger partial charge in [0.15, 0.2) is 0 Å². The first kappa shape index (κ1) is 72.6. The average molecular weight is 1240 g/mol. The van der Waals surface area contributed by atoms with E-state index in [9.17, 15) is 29.7 Å². The number of allylic oxidation sites excluding steroid dienone is 2. The quantitative estimate of drug-likeness (QED) is 0.0140. The van der Waals surface area contributed by atoms with Crippen LogP contribution in [0.3, 0.4) is 0 Å². The molecule has 0 aliphatic heterocycles. The molecule has 8 aromatic carbocycles. The average Bonchev–Trinajstić information content (AvgIpc) is 1.06. The third kappa shape index (κ3) is 24.0. The number of hydrogen-bond donors (Lipinski definition) is 4. The van der Waals surface area contributed by atoms with Gasteiger partial charge in [-0.2, -0.15) is 15.5 Å². The Morgan fingerprint density at radius 2 is 0.903 bits per heavy atom. The van der Waals surface area contributed by atoms with Crippen molar-refractivity contribution in [1.82, 2.24) is 16.0 Å². The van der Waals surface area contributed by atoms with Crippen molar-refractivity contribution in [2.45, 2.75) is 86.2 Å². The van der Waals surface area contributed by atoms with Gasteiger partial charge in [-0.3, -0.25) is 9.59 Å². The zero-order chi connectivity index (χ0) is 66.3. The molecule has 0 bridgehead atoms. The summed E-state index contributed by atoms with van der Waals surface area (Å²) in [7, 11) is 0. The lowest BCUT2D eigenvalue weighted by atomic mass is 9.92. The van der Waals surface area contributed by atoms with Crippen molar-refractivity contribution in [2.75, 3.05) is 36.1 Å². The van der Waals surface area contributed by atoms with Crippen molar-refractivity contribution in [1.29, 1.82) is 10.5 Å². The Morgan fingerprint density at radius 3 is 1.26 bits per heavy atom. The number of rotatable bonds is 25. The molecular formula is C79H84N8O6. The van der Waals surface area contributed by atoms with Gasteiger partial charge in [-0.15, -0.1) is 0 Å². The van der Waals surface area contributed by atoms with Crippen LogP contribution >= 0.6 is 0 Å². The number of carbonyl (C=O) groups excluding carboxylic acids is 4. The highest BCUT2D eigenvalue weighted by molar-refractivity contribution is 6.02. The second-order valence-electron chi connectivity index (χ2n) is 22.8. The minimum absolute atomic E-state index is 0. The molecule has 0 aliphatic rings. The van der Waals surface area contributed by atoms with Crippen LogP contribution in [0.15, 0.2) is 248 Å². The number of nitrogens with one attached hydrogen (secondary N) is 3. The lowest BCUT2D eigenvalue weighted by Crippen LogP contribution is -2.42. The summed E-state index contributed by atoms with van der Waals surface area (Å²) in [5.41, 5.74) is 13.1. The van der Waals surface area contributed by atoms with E-state index in [4.69, 9.17) is 9.84 Å². The summed E-state index contributed by atoms with van der Waals surface area (Å²) in [6.07, 6.45) is 4.10. The number of carbonyl (C=O) groups is 3. The Morgan fingerprint density at radius 1 is 0.538 bits per heavy atom. The number of amides is 3. The van der Waals surface area contributed by atoms with Crippen LogP contribution < -0.4 is 25.8 Å². The molecule has 476 valence electrons. The smallest absolute Gasteiger partial charge is 0.407 e. The first-order valence-electron chi connectivity index (χ1n) is 30.1. The number of nitriles is 2. The number of aliphatic hydroxyl groups excluding tert-OH is 1. The van der Waals surface area contributed by atoms with Crippen LogP contribution in [0, 0.1) is 22.7 Å². The highest BCUT2D eigenvalue weighted by Gasteiger charge is 2.25. The molecule has 0 heterocycles. The van der Waals surface area contributed by atoms with Gasteiger partial charge in [0.1, 0.15) is 29.9 Å². The van der Waals surface area contributed by atoms with E-state index in [2.05, 4.69) is 92.4 Å². The first-order chi connectivity index (χ1) is 44.3. The standard InChI is InChI=1S/C39H40N4O3.C26H25N3O2.C13H15NO.CH4/c1-29(2)33-16-11-17-35(25-33)39(3,4)42-38(45)46-23-22-41-37(44)34(26-40)24-30-18-20-36(21-19-30)43(27-31-12-7-5-8-13-31)28-32-14-9-6-10-15-32;27-18-24(26(31)28-15-16-30)17-21-11-13-25(14-12-21)29(19-22-7-3-1-4-8-22)20-23-9-5-2-6-10-23;1-10(2)11-6-5-7-12(8-11)13(3,4)14-9-15;/h5-21,24-25H,1,22-23,27-28H2,2-4H3,(H,41,44)(H,42,45);1-14,17,30H,15-16,19-20H2,(H,28,31);5-8H,1H2,2-4H3;1H4/b34-24+;24-17+;;. The maximum atomic E-state index is 12.7. The number of ether oxygens (including phenoxy) is 1. The summed E-state index contributed by atoms with van der Waals surface area (Å²) in [4.78, 5) is 55.9. The van der Waals surface area contributed by atoms with Gasteiger partial charge in [-0.1, -0.05) is 214 Å². The number of alkyl carbamates (subject to hydrolysis) is 1. The highest BCUT2D eigenvalue weighted by atomic mass is 16.5. The Hall–Kier alpha value is -11.2. The molecule has 0 atom stereocenters. The number of isocyanates is 1. The summed E-state index contributed by atoms with van der Waals surface area (Å²) in [6, 6.07) is 76.3. The number of anilines is 2. The molecule has 0 saturated heterocycles. The van der Waals surface area contributed by atoms with Gasteiger partial charge in [0, 0.05) is 44.1 Å². The van der Waals surface area contributed by atoms with Gasteiger partial charge in [-0.25, -0.2) is 9.59 Å². The van der Waals surface area contributed by atoms with Gasteiger partial charge < -0.3 is 35.6 Å². The predicted octanol–water partition coefficient (Wildman–Crippen LogP) is 15.4. The molecule has 8 rings (SSSR count). The van der Waals surface area contributed by atoms with E-state index < -0.39 is 29.0 Å². The summed E-state index contributed by atoms with van der Waals surface area (Å²) < 4.78 is 5.29. The van der Waals surface area contributed by atoms with Crippen molar-refractivity contribution < 1.29 is 29.0 Å². The van der Waals surface area contributed by atoms with E-state index in [1.807, 2.05) is 224 Å². The normalized spacial score (nSPS) is 10.9. The number of aliphatic hydroxyl groups is 1. The zero-order valence-electron chi connectivity index (χ0n) is 53.2. The molecular weight excluding hydrogens is 1160 g/mol. The van der Waals surface area contributed by atoms with Crippen LogP contribution in [-0.4, -0.2) is 55.4 Å². The van der Waals surface area contributed by atoms with E-state index in [1.54, 1.807) is 18.2 Å². The van der Waals surface area contributed by atoms with Gasteiger partial charge in [0.25, 0.3) is 11.8 Å². The monoisotopic (exact) mass is 1240 g/mol. The Labute approximate surface area is 549 Å². The lowest BCUT2D eigenvalue weighted by Gasteiger charge is -2.27. The summed E-state index contributed by atoms with van der Waals surface area (Å²) in [5.74, 6) is -1.03. The molecule has 0 aromatic heterocycles. The molecule has 0 unspecified atom stereocenters. The molecule has 0 radical (unpaired) electrons. The van der Waals surface area contributed by atoms with Gasteiger partial charge in [0.05, 0.1) is 24.2 Å². The van der Waals surface area contributed by atoms with Crippen LogP contribution in [0.4, 0.5) is 16.2 Å². The Bertz CT molecular complexity index is 3840. The summed E-state index contributed by atoms with van der Waals surface area (Å²) in [5, 5.41) is 35.8. The van der Waals surface area contributed by atoms with Crippen molar-refractivity contribution >= 4 is 58.7 Å². The second-order valence-corrected chi connectivity index (χ2v) is 22.8. The highest BCUT2D eigenvalue weighted by Crippen LogP contribution is 2.28. The maximum absolute atomic E-state index is 12.7. The van der Waals surface area contributed by atoms with E-state index in [0.29, 0.717) is 0 Å². The lowest BCUT2D eigenvalue weighted by molar-refractivity contribution is -0.118. The van der Waals surface area contributed by atoms with Gasteiger partial charge >= 0.3 is 6.09 Å². The summed E-state index contributed by atoms with van der Waals surface area (Å²) >= 11 is 0. The van der Waals surface area contributed by atoms with Crippen molar-refractivity contribution in [3.05, 3.63) is 298 Å². The molecule has 0 fully saturated rings. The van der Waals surface area contributed by atoms with Gasteiger partial charge in [0.2, 0.25) is 6.08 Å². The van der Waals surface area contributed by atoms with Crippen LogP contribution in [0.5, 0.6) is 0 Å². The van der Waals surface area contributed by atoms with Crippen molar-refractivity contribution in [3.8, 4) is 12.1 Å². The topological polar surface area (TPSA) is 200 Å². The minimum Gasteiger partial charge on any atom is -0.448 e. The number of aliphatic imine (C=N–C) groups is 1. The molecule has 8 aromatic rings. The fraction of sp³-hybridized carbons (Fsp3) is 0.215. The number of hydrogen-bond acceptors (Lipinski definition) is 11. The van der Waals surface area contributed by atoms with E-state index in [-0.39, 0.29) is 44.9 Å². The fourth-order valence-corrected chi connectivity index (χ4v) is 9.43. The molecule has 0 spiro atoms.